The minimum atomic E-state index is -3.03. The predicted molar refractivity (Wildman–Crippen MR) is 64.5 cm³/mol. The Morgan fingerprint density at radius 3 is 2.47 bits per heavy atom. The van der Waals surface area contributed by atoms with E-state index < -0.39 is 15.2 Å². The summed E-state index contributed by atoms with van der Waals surface area (Å²) in [4.78, 5) is 0. The van der Waals surface area contributed by atoms with E-state index in [0.717, 1.165) is 5.56 Å². The van der Waals surface area contributed by atoms with Gasteiger partial charge in [-0.1, -0.05) is 29.8 Å². The summed E-state index contributed by atoms with van der Waals surface area (Å²) in [6.07, 6.45) is 1.64. The van der Waals surface area contributed by atoms with E-state index in [4.69, 9.17) is 23.2 Å². The molecule has 0 bridgehead atoms. The summed E-state index contributed by atoms with van der Waals surface area (Å²) in [7, 11) is -3.03. The Balaban J connectivity index is 2.67. The smallest absolute Gasteiger partial charge is 0.148 e. The van der Waals surface area contributed by atoms with Gasteiger partial charge in [-0.25, -0.2) is 8.42 Å². The summed E-state index contributed by atoms with van der Waals surface area (Å²) < 4.78 is 22.0. The molecule has 0 fully saturated rings. The van der Waals surface area contributed by atoms with Gasteiger partial charge in [0.25, 0.3) is 0 Å². The largest absolute Gasteiger partial charge is 0.229 e. The quantitative estimate of drug-likeness (QED) is 0.785. The molecule has 0 amide bonds. The standard InChI is InChI=1S/C10H12Cl2O2S/c1-15(13,14)7-9(11)6-8-4-2-3-5-10(8)12/h2-5,9H,6-7H2,1H3. The lowest BCUT2D eigenvalue weighted by molar-refractivity contribution is 0.599. The molecule has 1 aromatic carbocycles. The van der Waals surface area contributed by atoms with Gasteiger partial charge in [0.05, 0.1) is 11.1 Å². The molecular formula is C10H12Cl2O2S. The molecule has 2 nitrogen and oxygen atoms in total. The van der Waals surface area contributed by atoms with Gasteiger partial charge in [-0.2, -0.15) is 0 Å². The van der Waals surface area contributed by atoms with Crippen molar-refractivity contribution in [3.05, 3.63) is 34.9 Å². The van der Waals surface area contributed by atoms with Crippen molar-refractivity contribution in [3.63, 3.8) is 0 Å². The summed E-state index contributed by atoms with van der Waals surface area (Å²) in [5.41, 5.74) is 0.878. The molecule has 0 aromatic heterocycles. The minimum Gasteiger partial charge on any atom is -0.229 e. The molecule has 0 spiro atoms. The minimum absolute atomic E-state index is 0.0280. The van der Waals surface area contributed by atoms with E-state index in [1.54, 1.807) is 6.07 Å². The predicted octanol–water partition coefficient (Wildman–Crippen LogP) is 2.53. The highest BCUT2D eigenvalue weighted by atomic mass is 35.5. The summed E-state index contributed by atoms with van der Waals surface area (Å²) >= 11 is 11.9. The van der Waals surface area contributed by atoms with Gasteiger partial charge in [0.15, 0.2) is 0 Å². The summed E-state index contributed by atoms with van der Waals surface area (Å²) in [5.74, 6) is -0.0280. The second-order valence-electron chi connectivity index (χ2n) is 3.49. The Bertz CT molecular complexity index is 429. The fourth-order valence-corrected chi connectivity index (χ4v) is 3.13. The van der Waals surface area contributed by atoms with Gasteiger partial charge < -0.3 is 0 Å². The fourth-order valence-electron chi connectivity index (χ4n) is 1.29. The zero-order chi connectivity index (χ0) is 11.5. The Morgan fingerprint density at radius 2 is 1.93 bits per heavy atom. The van der Waals surface area contributed by atoms with E-state index in [2.05, 4.69) is 0 Å². The van der Waals surface area contributed by atoms with E-state index in [-0.39, 0.29) is 5.75 Å². The van der Waals surface area contributed by atoms with Crippen LogP contribution in [0.25, 0.3) is 0 Å². The van der Waals surface area contributed by atoms with Crippen LogP contribution in [0, 0.1) is 0 Å². The molecule has 0 aliphatic carbocycles. The Labute approximate surface area is 100 Å². The van der Waals surface area contributed by atoms with Crippen LogP contribution in [0.15, 0.2) is 24.3 Å². The molecule has 0 radical (unpaired) electrons. The third kappa shape index (κ3) is 4.87. The molecule has 1 rings (SSSR count). The monoisotopic (exact) mass is 266 g/mol. The van der Waals surface area contributed by atoms with Crippen molar-refractivity contribution in [1.29, 1.82) is 0 Å². The maximum Gasteiger partial charge on any atom is 0.148 e. The van der Waals surface area contributed by atoms with Crippen LogP contribution >= 0.6 is 23.2 Å². The Morgan fingerprint density at radius 1 is 1.33 bits per heavy atom. The van der Waals surface area contributed by atoms with E-state index in [1.807, 2.05) is 18.2 Å². The van der Waals surface area contributed by atoms with Crippen LogP contribution in [0.3, 0.4) is 0 Å². The average molecular weight is 267 g/mol. The first-order chi connectivity index (χ1) is 6.88. The number of halogens is 2. The third-order valence-electron chi connectivity index (χ3n) is 1.88. The van der Waals surface area contributed by atoms with Crippen LogP contribution in [-0.2, 0) is 16.3 Å². The van der Waals surface area contributed by atoms with E-state index in [1.165, 1.54) is 6.26 Å². The van der Waals surface area contributed by atoms with Crippen molar-refractivity contribution < 1.29 is 8.42 Å². The number of rotatable bonds is 4. The number of hydrogen-bond acceptors (Lipinski definition) is 2. The molecule has 5 heteroatoms. The lowest BCUT2D eigenvalue weighted by Crippen LogP contribution is -2.17. The first kappa shape index (κ1) is 12.8. The maximum absolute atomic E-state index is 11.0. The molecular weight excluding hydrogens is 255 g/mol. The van der Waals surface area contributed by atoms with Crippen LogP contribution in [-0.4, -0.2) is 25.8 Å². The Hall–Kier alpha value is -0.250. The van der Waals surface area contributed by atoms with Gasteiger partial charge in [-0.3, -0.25) is 0 Å². The molecule has 0 N–H and O–H groups in total. The number of benzene rings is 1. The number of hydrogen-bond donors (Lipinski definition) is 0. The molecule has 1 unspecified atom stereocenters. The average Bonchev–Trinajstić information content (AvgIpc) is 2.05. The topological polar surface area (TPSA) is 34.1 Å². The molecule has 0 aliphatic rings. The molecule has 0 saturated carbocycles. The first-order valence-corrected chi connectivity index (χ1v) is 7.31. The first-order valence-electron chi connectivity index (χ1n) is 4.43. The highest BCUT2D eigenvalue weighted by molar-refractivity contribution is 7.90. The second-order valence-corrected chi connectivity index (χ2v) is 6.69. The molecule has 0 heterocycles. The highest BCUT2D eigenvalue weighted by Crippen LogP contribution is 2.19. The molecule has 84 valence electrons. The molecule has 0 aliphatic heterocycles. The molecule has 1 atom stereocenters. The SMILES string of the molecule is CS(=O)(=O)CC(Cl)Cc1ccccc1Cl. The molecule has 0 saturated heterocycles. The summed E-state index contributed by atoms with van der Waals surface area (Å²) in [6, 6.07) is 7.29. The zero-order valence-electron chi connectivity index (χ0n) is 8.28. The maximum atomic E-state index is 11.0. The third-order valence-corrected chi connectivity index (χ3v) is 3.75. The number of sulfone groups is 1. The number of alkyl halides is 1. The van der Waals surface area contributed by atoms with Crippen molar-refractivity contribution in [1.82, 2.24) is 0 Å². The van der Waals surface area contributed by atoms with Crippen molar-refractivity contribution in [3.8, 4) is 0 Å². The van der Waals surface area contributed by atoms with E-state index in [0.29, 0.717) is 11.4 Å². The Kier molecular flexibility index (Phi) is 4.44. The van der Waals surface area contributed by atoms with Crippen molar-refractivity contribution in [2.24, 2.45) is 0 Å². The van der Waals surface area contributed by atoms with Gasteiger partial charge in [0.2, 0.25) is 0 Å². The van der Waals surface area contributed by atoms with Crippen molar-refractivity contribution in [2.45, 2.75) is 11.8 Å². The fraction of sp³-hybridized carbons (Fsp3) is 0.400. The van der Waals surface area contributed by atoms with Crippen LogP contribution in [0.5, 0.6) is 0 Å². The van der Waals surface area contributed by atoms with Crippen LogP contribution in [0.1, 0.15) is 5.56 Å². The normalized spacial score (nSPS) is 13.8. The van der Waals surface area contributed by atoms with Gasteiger partial charge in [-0.05, 0) is 18.1 Å². The van der Waals surface area contributed by atoms with Gasteiger partial charge in [-0.15, -0.1) is 11.6 Å². The lowest BCUT2D eigenvalue weighted by atomic mass is 10.1. The van der Waals surface area contributed by atoms with Crippen LogP contribution < -0.4 is 0 Å². The van der Waals surface area contributed by atoms with Gasteiger partial charge in [0.1, 0.15) is 9.84 Å². The van der Waals surface area contributed by atoms with Gasteiger partial charge in [0, 0.05) is 11.3 Å². The zero-order valence-corrected chi connectivity index (χ0v) is 10.6. The van der Waals surface area contributed by atoms with E-state index in [9.17, 15) is 8.42 Å². The second kappa shape index (κ2) is 5.19. The van der Waals surface area contributed by atoms with Gasteiger partial charge >= 0.3 is 0 Å². The van der Waals surface area contributed by atoms with Crippen molar-refractivity contribution >= 4 is 33.0 Å². The highest BCUT2D eigenvalue weighted by Gasteiger charge is 2.14. The lowest BCUT2D eigenvalue weighted by Gasteiger charge is -2.09. The van der Waals surface area contributed by atoms with Crippen LogP contribution in [0.4, 0.5) is 0 Å². The molecule has 15 heavy (non-hydrogen) atoms. The molecule has 1 aromatic rings. The summed E-state index contributed by atoms with van der Waals surface area (Å²) in [6.45, 7) is 0. The van der Waals surface area contributed by atoms with Crippen LogP contribution in [0.2, 0.25) is 5.02 Å². The van der Waals surface area contributed by atoms with E-state index >= 15 is 0 Å². The van der Waals surface area contributed by atoms with Crippen molar-refractivity contribution in [2.75, 3.05) is 12.0 Å². The summed E-state index contributed by atoms with van der Waals surface area (Å²) in [5, 5.41) is 0.191.